The Bertz CT molecular complexity index is 1140. The van der Waals surface area contributed by atoms with Crippen molar-refractivity contribution in [3.8, 4) is 0 Å². The number of allylic oxidation sites excluding steroid dienone is 5. The fourth-order valence-electron chi connectivity index (χ4n) is 6.14. The fourth-order valence-corrected chi connectivity index (χ4v) is 6.40. The molecule has 0 saturated heterocycles. The van der Waals surface area contributed by atoms with Crippen molar-refractivity contribution in [3.63, 3.8) is 0 Å². The molecule has 1 aromatic rings. The lowest BCUT2D eigenvalue weighted by molar-refractivity contribution is -0.130. The van der Waals surface area contributed by atoms with Crippen molar-refractivity contribution >= 4 is 33.5 Å². The standard InChI is InChI=1S/C27H29BrO5/c1-15-18(10-13-33-25(32)16-6-8-17(28)9-7-16)22(30)23(31)21-19(15)14-20(29)24-26(2,3)11-5-12-27(21,24)4/h6-9,14,24,31H,5,10-13H2,1-4H3/t24-,27+/m0/s1. The molecule has 1 N–H and O–H groups in total. The number of Topliss-reactive ketones (excluding diaryl/α,β-unsaturated/α-hetero) is 1. The van der Waals surface area contributed by atoms with Crippen LogP contribution in [0.3, 0.4) is 0 Å². The van der Waals surface area contributed by atoms with Crippen LogP contribution >= 0.6 is 15.9 Å². The smallest absolute Gasteiger partial charge is 0.338 e. The summed E-state index contributed by atoms with van der Waals surface area (Å²) < 4.78 is 6.23. The maximum Gasteiger partial charge on any atom is 0.338 e. The largest absolute Gasteiger partial charge is 0.504 e. The van der Waals surface area contributed by atoms with Gasteiger partial charge in [-0.25, -0.2) is 4.79 Å². The Morgan fingerprint density at radius 2 is 1.82 bits per heavy atom. The van der Waals surface area contributed by atoms with Crippen LogP contribution in [0, 0.1) is 16.7 Å². The van der Waals surface area contributed by atoms with Gasteiger partial charge in [0.05, 0.1) is 12.2 Å². The molecule has 1 fully saturated rings. The number of benzene rings is 1. The van der Waals surface area contributed by atoms with Gasteiger partial charge in [0, 0.05) is 33.4 Å². The first-order chi connectivity index (χ1) is 15.5. The number of aliphatic hydroxyl groups is 1. The lowest BCUT2D eigenvalue weighted by atomic mass is 9.49. The van der Waals surface area contributed by atoms with E-state index in [-0.39, 0.29) is 35.9 Å². The maximum absolute atomic E-state index is 13.3. The van der Waals surface area contributed by atoms with E-state index < -0.39 is 17.2 Å². The van der Waals surface area contributed by atoms with Crippen molar-refractivity contribution in [1.82, 2.24) is 0 Å². The molecular formula is C27H29BrO5. The highest BCUT2D eigenvalue weighted by atomic mass is 79.9. The lowest BCUT2D eigenvalue weighted by Crippen LogP contribution is -2.50. The first kappa shape index (κ1) is 23.7. The summed E-state index contributed by atoms with van der Waals surface area (Å²) in [6, 6.07) is 6.83. The first-order valence-corrected chi connectivity index (χ1v) is 12.1. The first-order valence-electron chi connectivity index (χ1n) is 11.3. The molecule has 6 heteroatoms. The van der Waals surface area contributed by atoms with Gasteiger partial charge in [-0.1, -0.05) is 43.1 Å². The van der Waals surface area contributed by atoms with Gasteiger partial charge in [0.25, 0.3) is 0 Å². The zero-order valence-electron chi connectivity index (χ0n) is 19.5. The van der Waals surface area contributed by atoms with E-state index in [2.05, 4.69) is 29.8 Å². The van der Waals surface area contributed by atoms with Crippen molar-refractivity contribution in [3.05, 3.63) is 68.4 Å². The van der Waals surface area contributed by atoms with E-state index in [4.69, 9.17) is 4.74 Å². The average Bonchev–Trinajstić information content (AvgIpc) is 2.73. The SMILES string of the molecule is CC1=C(CCOC(=O)c2ccc(Br)cc2)C(=O)C(O)=C2C1=CC(=O)[C@H]1C(C)(C)CCC[C@]21C. The Kier molecular flexibility index (Phi) is 6.02. The summed E-state index contributed by atoms with van der Waals surface area (Å²) >= 11 is 3.33. The van der Waals surface area contributed by atoms with Crippen molar-refractivity contribution in [2.45, 2.75) is 53.4 Å². The number of hydrogen-bond acceptors (Lipinski definition) is 5. The average molecular weight is 513 g/mol. The molecule has 3 aliphatic carbocycles. The highest BCUT2D eigenvalue weighted by molar-refractivity contribution is 9.10. The number of carbonyl (C=O) groups excluding carboxylic acids is 3. The van der Waals surface area contributed by atoms with E-state index in [9.17, 15) is 19.5 Å². The van der Waals surface area contributed by atoms with Crippen LogP contribution in [0.4, 0.5) is 0 Å². The Morgan fingerprint density at radius 3 is 2.48 bits per heavy atom. The molecule has 33 heavy (non-hydrogen) atoms. The molecule has 1 saturated carbocycles. The molecule has 1 aromatic carbocycles. The second-order valence-electron chi connectivity index (χ2n) is 10.2. The lowest BCUT2D eigenvalue weighted by Gasteiger charge is -2.53. The number of ether oxygens (including phenoxy) is 1. The fraction of sp³-hybridized carbons (Fsp3) is 0.444. The highest BCUT2D eigenvalue weighted by Crippen LogP contribution is 2.60. The molecule has 0 aliphatic heterocycles. The van der Waals surface area contributed by atoms with Crippen LogP contribution in [0.1, 0.15) is 63.7 Å². The Labute approximate surface area is 202 Å². The summed E-state index contributed by atoms with van der Waals surface area (Å²) in [5.41, 5.74) is 1.97. The third-order valence-electron chi connectivity index (χ3n) is 7.60. The number of esters is 1. The third-order valence-corrected chi connectivity index (χ3v) is 8.12. The monoisotopic (exact) mass is 512 g/mol. The van der Waals surface area contributed by atoms with Crippen LogP contribution in [0.2, 0.25) is 0 Å². The van der Waals surface area contributed by atoms with E-state index in [0.29, 0.717) is 27.9 Å². The van der Waals surface area contributed by atoms with Crippen molar-refractivity contribution in [2.75, 3.05) is 6.61 Å². The number of aliphatic hydroxyl groups excluding tert-OH is 1. The minimum absolute atomic E-state index is 0.00404. The van der Waals surface area contributed by atoms with Gasteiger partial charge in [0.1, 0.15) is 0 Å². The quantitative estimate of drug-likeness (QED) is 0.496. The van der Waals surface area contributed by atoms with E-state index >= 15 is 0 Å². The number of halogens is 1. The van der Waals surface area contributed by atoms with Gasteiger partial charge >= 0.3 is 5.97 Å². The minimum Gasteiger partial charge on any atom is -0.504 e. The molecule has 3 aliphatic rings. The molecule has 0 bridgehead atoms. The molecule has 174 valence electrons. The van der Waals surface area contributed by atoms with Gasteiger partial charge in [-0.2, -0.15) is 0 Å². The summed E-state index contributed by atoms with van der Waals surface area (Å²) in [6.45, 7) is 8.03. The molecule has 5 nitrogen and oxygen atoms in total. The molecular weight excluding hydrogens is 484 g/mol. The normalized spacial score (nSPS) is 26.6. The Balaban J connectivity index is 1.61. The number of carbonyl (C=O) groups is 3. The molecule has 0 spiro atoms. The van der Waals surface area contributed by atoms with Crippen LogP contribution in [0.25, 0.3) is 0 Å². The van der Waals surface area contributed by atoms with Crippen LogP contribution in [-0.4, -0.2) is 29.2 Å². The van der Waals surface area contributed by atoms with E-state index in [1.807, 2.05) is 13.8 Å². The number of rotatable bonds is 4. The summed E-state index contributed by atoms with van der Waals surface area (Å²) in [5, 5.41) is 11.1. The molecule has 4 rings (SSSR count). The molecule has 0 aromatic heterocycles. The highest BCUT2D eigenvalue weighted by Gasteiger charge is 2.56. The van der Waals surface area contributed by atoms with E-state index in [1.54, 1.807) is 30.3 Å². The summed E-state index contributed by atoms with van der Waals surface area (Å²) in [5.74, 6) is -1.38. The molecule has 0 radical (unpaired) electrons. The van der Waals surface area contributed by atoms with Gasteiger partial charge in [0.15, 0.2) is 11.5 Å². The predicted octanol–water partition coefficient (Wildman–Crippen LogP) is 6.05. The maximum atomic E-state index is 13.3. The second-order valence-corrected chi connectivity index (χ2v) is 11.1. The van der Waals surface area contributed by atoms with Crippen molar-refractivity contribution < 1.29 is 24.2 Å². The molecule has 2 atom stereocenters. The zero-order chi connectivity index (χ0) is 24.1. The zero-order valence-corrected chi connectivity index (χ0v) is 21.0. The van der Waals surface area contributed by atoms with Crippen molar-refractivity contribution in [1.29, 1.82) is 0 Å². The van der Waals surface area contributed by atoms with Gasteiger partial charge in [-0.3, -0.25) is 9.59 Å². The molecule has 0 amide bonds. The summed E-state index contributed by atoms with van der Waals surface area (Å²) in [6.07, 6.45) is 4.41. The van der Waals surface area contributed by atoms with E-state index in [1.165, 1.54) is 0 Å². The topological polar surface area (TPSA) is 80.7 Å². The van der Waals surface area contributed by atoms with Crippen LogP contribution < -0.4 is 0 Å². The predicted molar refractivity (Wildman–Crippen MR) is 129 cm³/mol. The van der Waals surface area contributed by atoms with Gasteiger partial charge in [0.2, 0.25) is 5.78 Å². The third kappa shape index (κ3) is 3.92. The van der Waals surface area contributed by atoms with E-state index in [0.717, 1.165) is 23.7 Å². The number of hydrogen-bond donors (Lipinski definition) is 1. The Morgan fingerprint density at radius 1 is 1.15 bits per heavy atom. The summed E-state index contributed by atoms with van der Waals surface area (Å²) in [7, 11) is 0. The number of ketones is 2. The van der Waals surface area contributed by atoms with Gasteiger partial charge < -0.3 is 9.84 Å². The van der Waals surface area contributed by atoms with Crippen LogP contribution in [-0.2, 0) is 14.3 Å². The Hall–Kier alpha value is -2.47. The van der Waals surface area contributed by atoms with Gasteiger partial charge in [-0.05, 0) is 66.7 Å². The van der Waals surface area contributed by atoms with Crippen molar-refractivity contribution in [2.24, 2.45) is 16.7 Å². The molecule has 0 unspecified atom stereocenters. The second kappa shape index (κ2) is 8.39. The number of fused-ring (bicyclic) bond motifs is 3. The van der Waals surface area contributed by atoms with Crippen LogP contribution in [0.5, 0.6) is 0 Å². The molecule has 0 heterocycles. The summed E-state index contributed by atoms with van der Waals surface area (Å²) in [4.78, 5) is 38.8. The minimum atomic E-state index is -0.580. The van der Waals surface area contributed by atoms with Crippen LogP contribution in [0.15, 0.2) is 62.9 Å². The van der Waals surface area contributed by atoms with Gasteiger partial charge in [-0.15, -0.1) is 0 Å².